The molecule has 1 heterocycles. The van der Waals surface area contributed by atoms with Crippen LogP contribution in [-0.4, -0.2) is 29.6 Å². The van der Waals surface area contributed by atoms with Gasteiger partial charge in [-0.15, -0.1) is 0 Å². The molecule has 0 radical (unpaired) electrons. The lowest BCUT2D eigenvalue weighted by Gasteiger charge is -2.42. The third-order valence-corrected chi connectivity index (χ3v) is 4.87. The Morgan fingerprint density at radius 1 is 1.12 bits per heavy atom. The minimum absolute atomic E-state index is 0.767. The minimum Gasteiger partial charge on any atom is -0.330 e. The third kappa shape index (κ3) is 2.28. The molecule has 2 rings (SSSR count). The van der Waals surface area contributed by atoms with Crippen molar-refractivity contribution in [1.82, 2.24) is 4.90 Å². The Morgan fingerprint density at radius 2 is 1.88 bits per heavy atom. The summed E-state index contributed by atoms with van der Waals surface area (Å²) in [4.78, 5) is 2.83. The molecule has 4 unspecified atom stereocenters. The van der Waals surface area contributed by atoms with Crippen molar-refractivity contribution in [3.8, 4) is 0 Å². The second kappa shape index (κ2) is 5.50. The molecule has 0 aromatic heterocycles. The third-order valence-electron chi connectivity index (χ3n) is 4.87. The molecule has 1 saturated carbocycles. The fourth-order valence-electron chi connectivity index (χ4n) is 3.96. The smallest absolute Gasteiger partial charge is 0.0141 e. The van der Waals surface area contributed by atoms with Crippen LogP contribution in [0.1, 0.15) is 58.8 Å². The lowest BCUT2D eigenvalue weighted by Crippen LogP contribution is -2.49. The lowest BCUT2D eigenvalue weighted by atomic mass is 9.82. The van der Waals surface area contributed by atoms with E-state index in [1.807, 2.05) is 0 Å². The predicted octanol–water partition coefficient (Wildman–Crippen LogP) is 2.77. The number of nitrogens with two attached hydrogens (primary N) is 1. The van der Waals surface area contributed by atoms with E-state index < -0.39 is 0 Å². The van der Waals surface area contributed by atoms with E-state index in [2.05, 4.69) is 18.7 Å². The van der Waals surface area contributed by atoms with Gasteiger partial charge >= 0.3 is 0 Å². The quantitative estimate of drug-likeness (QED) is 0.798. The van der Waals surface area contributed by atoms with Crippen LogP contribution in [-0.2, 0) is 0 Å². The standard InChI is InChI=1S/C14H28N2/c1-3-13-9-8-11(2)16(13)14-7-5-4-6-12(14)10-15/h11-14H,3-10,15H2,1-2H3. The van der Waals surface area contributed by atoms with Gasteiger partial charge in [0.1, 0.15) is 0 Å². The largest absolute Gasteiger partial charge is 0.330 e. The van der Waals surface area contributed by atoms with Crippen LogP contribution in [0.25, 0.3) is 0 Å². The molecule has 2 nitrogen and oxygen atoms in total. The second-order valence-corrected chi connectivity index (χ2v) is 5.78. The molecule has 0 amide bonds. The lowest BCUT2D eigenvalue weighted by molar-refractivity contribution is 0.0645. The normalized spacial score (nSPS) is 41.4. The van der Waals surface area contributed by atoms with Crippen molar-refractivity contribution >= 4 is 0 Å². The van der Waals surface area contributed by atoms with Crippen molar-refractivity contribution in [3.63, 3.8) is 0 Å². The monoisotopic (exact) mass is 224 g/mol. The number of hydrogen-bond donors (Lipinski definition) is 1. The maximum Gasteiger partial charge on any atom is 0.0141 e. The summed E-state index contributed by atoms with van der Waals surface area (Å²) in [6.45, 7) is 5.65. The van der Waals surface area contributed by atoms with Crippen LogP contribution in [0.4, 0.5) is 0 Å². The van der Waals surface area contributed by atoms with Crippen molar-refractivity contribution in [2.24, 2.45) is 11.7 Å². The second-order valence-electron chi connectivity index (χ2n) is 5.78. The van der Waals surface area contributed by atoms with E-state index in [9.17, 15) is 0 Å². The van der Waals surface area contributed by atoms with E-state index in [4.69, 9.17) is 5.73 Å². The van der Waals surface area contributed by atoms with Gasteiger partial charge in [-0.1, -0.05) is 19.8 Å². The first-order valence-electron chi connectivity index (χ1n) is 7.25. The molecule has 2 N–H and O–H groups in total. The molecule has 0 bridgehead atoms. The van der Waals surface area contributed by atoms with E-state index in [0.717, 1.165) is 30.6 Å². The minimum atomic E-state index is 0.767. The van der Waals surface area contributed by atoms with E-state index in [1.54, 1.807) is 0 Å². The molecule has 94 valence electrons. The Bertz CT molecular complexity index is 217. The van der Waals surface area contributed by atoms with Gasteiger partial charge in [-0.25, -0.2) is 0 Å². The first kappa shape index (κ1) is 12.4. The van der Waals surface area contributed by atoms with Gasteiger partial charge in [0.25, 0.3) is 0 Å². The first-order chi connectivity index (χ1) is 7.77. The Labute approximate surface area is 101 Å². The Hall–Kier alpha value is -0.0800. The molecule has 16 heavy (non-hydrogen) atoms. The zero-order valence-electron chi connectivity index (χ0n) is 11.0. The summed E-state index contributed by atoms with van der Waals surface area (Å²) < 4.78 is 0. The summed E-state index contributed by atoms with van der Waals surface area (Å²) in [5.41, 5.74) is 5.97. The number of nitrogens with zero attached hydrogens (tertiary/aromatic N) is 1. The van der Waals surface area contributed by atoms with Crippen LogP contribution in [0.2, 0.25) is 0 Å². The van der Waals surface area contributed by atoms with Crippen molar-refractivity contribution in [1.29, 1.82) is 0 Å². The van der Waals surface area contributed by atoms with Gasteiger partial charge in [0.2, 0.25) is 0 Å². The summed E-state index contributed by atoms with van der Waals surface area (Å²) in [6, 6.07) is 2.43. The van der Waals surface area contributed by atoms with E-state index in [0.29, 0.717) is 0 Å². The molecule has 1 saturated heterocycles. The van der Waals surface area contributed by atoms with Gasteiger partial charge in [0, 0.05) is 18.1 Å². The van der Waals surface area contributed by atoms with Crippen molar-refractivity contribution in [3.05, 3.63) is 0 Å². The van der Waals surface area contributed by atoms with Gasteiger partial charge in [-0.3, -0.25) is 4.90 Å². The van der Waals surface area contributed by atoms with E-state index >= 15 is 0 Å². The topological polar surface area (TPSA) is 29.3 Å². The van der Waals surface area contributed by atoms with Gasteiger partial charge < -0.3 is 5.73 Å². The fourth-order valence-corrected chi connectivity index (χ4v) is 3.96. The van der Waals surface area contributed by atoms with Crippen LogP contribution in [0, 0.1) is 5.92 Å². The average Bonchev–Trinajstić information content (AvgIpc) is 2.70. The molecule has 2 fully saturated rings. The molecular formula is C14H28N2. The maximum absolute atomic E-state index is 5.97. The zero-order chi connectivity index (χ0) is 11.5. The van der Waals surface area contributed by atoms with E-state index in [1.165, 1.54) is 44.9 Å². The molecule has 0 spiro atoms. The zero-order valence-corrected chi connectivity index (χ0v) is 11.0. The van der Waals surface area contributed by atoms with Crippen LogP contribution in [0.15, 0.2) is 0 Å². The number of rotatable bonds is 3. The molecule has 0 aromatic rings. The SMILES string of the molecule is CCC1CCC(C)N1C1CCCCC1CN. The van der Waals surface area contributed by atoms with Gasteiger partial charge in [-0.05, 0) is 51.5 Å². The molecule has 4 atom stereocenters. The van der Waals surface area contributed by atoms with Crippen molar-refractivity contribution in [2.75, 3.05) is 6.54 Å². The Kier molecular flexibility index (Phi) is 4.26. The highest BCUT2D eigenvalue weighted by Gasteiger charge is 2.38. The summed E-state index contributed by atoms with van der Waals surface area (Å²) >= 11 is 0. The maximum atomic E-state index is 5.97. The Balaban J connectivity index is 2.07. The summed E-state index contributed by atoms with van der Waals surface area (Å²) in [7, 11) is 0. The van der Waals surface area contributed by atoms with Crippen LogP contribution in [0.3, 0.4) is 0 Å². The molecule has 1 aliphatic heterocycles. The van der Waals surface area contributed by atoms with Crippen LogP contribution >= 0.6 is 0 Å². The average molecular weight is 224 g/mol. The molecule has 0 aromatic carbocycles. The molecule has 2 aliphatic rings. The summed E-state index contributed by atoms with van der Waals surface area (Å²) in [5, 5.41) is 0. The van der Waals surface area contributed by atoms with Crippen LogP contribution < -0.4 is 5.73 Å². The fraction of sp³-hybridized carbons (Fsp3) is 1.00. The van der Waals surface area contributed by atoms with Crippen molar-refractivity contribution < 1.29 is 0 Å². The molecule has 2 heteroatoms. The van der Waals surface area contributed by atoms with Gasteiger partial charge in [-0.2, -0.15) is 0 Å². The van der Waals surface area contributed by atoms with E-state index in [-0.39, 0.29) is 0 Å². The molecular weight excluding hydrogens is 196 g/mol. The first-order valence-corrected chi connectivity index (χ1v) is 7.25. The predicted molar refractivity (Wildman–Crippen MR) is 69.4 cm³/mol. The Morgan fingerprint density at radius 3 is 2.56 bits per heavy atom. The van der Waals surface area contributed by atoms with Crippen molar-refractivity contribution in [2.45, 2.75) is 76.9 Å². The summed E-state index contributed by atoms with van der Waals surface area (Å²) in [5.74, 6) is 0.767. The number of likely N-dealkylation sites (tertiary alicyclic amines) is 1. The molecule has 1 aliphatic carbocycles. The van der Waals surface area contributed by atoms with Crippen LogP contribution in [0.5, 0.6) is 0 Å². The highest BCUT2D eigenvalue weighted by Crippen LogP contribution is 2.36. The van der Waals surface area contributed by atoms with Gasteiger partial charge in [0.15, 0.2) is 0 Å². The highest BCUT2D eigenvalue weighted by molar-refractivity contribution is 4.93. The summed E-state index contributed by atoms with van der Waals surface area (Å²) in [6.07, 6.45) is 9.69. The number of hydrogen-bond acceptors (Lipinski definition) is 2. The van der Waals surface area contributed by atoms with Gasteiger partial charge in [0.05, 0.1) is 0 Å². The highest BCUT2D eigenvalue weighted by atomic mass is 15.2.